The van der Waals surface area contributed by atoms with Crippen LogP contribution in [0.15, 0.2) is 0 Å². The topological polar surface area (TPSA) is 52.6 Å². The molecule has 20 heavy (non-hydrogen) atoms. The number of rotatable bonds is 7. The number of hydrogen-bond acceptors (Lipinski definition) is 4. The first kappa shape index (κ1) is 17.2. The second-order valence-corrected chi connectivity index (χ2v) is 6.32. The average Bonchev–Trinajstić information content (AvgIpc) is 2.39. The molecule has 0 N–H and O–H groups in total. The van der Waals surface area contributed by atoms with Crippen molar-refractivity contribution in [2.75, 3.05) is 13.2 Å². The lowest BCUT2D eigenvalue weighted by Crippen LogP contribution is -2.46. The van der Waals surface area contributed by atoms with E-state index in [1.807, 2.05) is 6.92 Å². The fraction of sp³-hybridized carbons (Fsp3) is 0.875. The number of Topliss-reactive ketones (excluding diaryl/α,β-unsaturated/α-hetero) is 1. The molecule has 0 atom stereocenters. The Morgan fingerprint density at radius 3 is 2.05 bits per heavy atom. The van der Waals surface area contributed by atoms with E-state index in [0.717, 1.165) is 25.7 Å². The lowest BCUT2D eigenvalue weighted by molar-refractivity contribution is -0.155. The van der Waals surface area contributed by atoms with Crippen molar-refractivity contribution in [1.82, 2.24) is 0 Å². The van der Waals surface area contributed by atoms with Gasteiger partial charge in [-0.3, -0.25) is 9.59 Å². The molecule has 4 heteroatoms. The van der Waals surface area contributed by atoms with Crippen LogP contribution in [0.3, 0.4) is 0 Å². The zero-order valence-corrected chi connectivity index (χ0v) is 13.3. The number of hydrogen-bond donors (Lipinski definition) is 0. The Balaban J connectivity index is 2.61. The van der Waals surface area contributed by atoms with Gasteiger partial charge in [0.15, 0.2) is 5.78 Å². The van der Waals surface area contributed by atoms with E-state index < -0.39 is 5.60 Å². The lowest BCUT2D eigenvalue weighted by Gasteiger charge is -2.42. The number of ether oxygens (including phenoxy) is 2. The third-order valence-electron chi connectivity index (χ3n) is 4.20. The van der Waals surface area contributed by atoms with Crippen molar-refractivity contribution in [2.24, 2.45) is 5.41 Å². The zero-order chi connectivity index (χ0) is 15.2. The van der Waals surface area contributed by atoms with Crippen LogP contribution in [-0.2, 0) is 19.1 Å². The first-order valence-corrected chi connectivity index (χ1v) is 7.68. The minimum absolute atomic E-state index is 0.0582. The van der Waals surface area contributed by atoms with E-state index in [4.69, 9.17) is 9.47 Å². The predicted molar refractivity (Wildman–Crippen MR) is 77.5 cm³/mol. The molecule has 1 aliphatic carbocycles. The standard InChI is InChI=1S/C16H28O4/c1-5-19-14(18)8-7-13(17)16(20-6-2)11-9-15(3,4)10-12-16/h5-12H2,1-4H3. The molecule has 1 fully saturated rings. The highest BCUT2D eigenvalue weighted by atomic mass is 16.5. The highest BCUT2D eigenvalue weighted by molar-refractivity contribution is 5.90. The van der Waals surface area contributed by atoms with Gasteiger partial charge in [0.05, 0.1) is 13.0 Å². The summed E-state index contributed by atoms with van der Waals surface area (Å²) in [6.07, 6.45) is 3.87. The molecule has 1 aliphatic rings. The molecule has 0 aromatic carbocycles. The summed E-state index contributed by atoms with van der Waals surface area (Å²) in [6.45, 7) is 9.03. The van der Waals surface area contributed by atoms with E-state index >= 15 is 0 Å². The Hall–Kier alpha value is -0.900. The van der Waals surface area contributed by atoms with E-state index in [1.54, 1.807) is 6.92 Å². The molecule has 0 spiro atoms. The largest absolute Gasteiger partial charge is 0.466 e. The monoisotopic (exact) mass is 284 g/mol. The highest BCUT2D eigenvalue weighted by Gasteiger charge is 2.44. The average molecular weight is 284 g/mol. The van der Waals surface area contributed by atoms with Gasteiger partial charge < -0.3 is 9.47 Å². The Labute approximate surface area is 122 Å². The fourth-order valence-electron chi connectivity index (χ4n) is 2.79. The maximum atomic E-state index is 12.5. The molecule has 0 unspecified atom stereocenters. The summed E-state index contributed by atoms with van der Waals surface area (Å²) in [4.78, 5) is 23.9. The van der Waals surface area contributed by atoms with Gasteiger partial charge in [-0.05, 0) is 44.9 Å². The molecule has 116 valence electrons. The van der Waals surface area contributed by atoms with Crippen LogP contribution in [0.25, 0.3) is 0 Å². The van der Waals surface area contributed by atoms with E-state index in [9.17, 15) is 9.59 Å². The van der Waals surface area contributed by atoms with Crippen LogP contribution in [0, 0.1) is 5.41 Å². The molecule has 0 saturated heterocycles. The minimum atomic E-state index is -0.670. The molecule has 0 aromatic heterocycles. The van der Waals surface area contributed by atoms with Gasteiger partial charge in [0.2, 0.25) is 0 Å². The number of esters is 1. The van der Waals surface area contributed by atoms with E-state index in [2.05, 4.69) is 13.8 Å². The van der Waals surface area contributed by atoms with Gasteiger partial charge in [-0.15, -0.1) is 0 Å². The van der Waals surface area contributed by atoms with Gasteiger partial charge in [-0.1, -0.05) is 13.8 Å². The molecule has 0 radical (unpaired) electrons. The summed E-state index contributed by atoms with van der Waals surface area (Å²) in [5.74, 6) is -0.244. The second-order valence-electron chi connectivity index (χ2n) is 6.32. The van der Waals surface area contributed by atoms with Crippen molar-refractivity contribution in [2.45, 2.75) is 71.8 Å². The van der Waals surface area contributed by atoms with Crippen molar-refractivity contribution < 1.29 is 19.1 Å². The van der Waals surface area contributed by atoms with Gasteiger partial charge in [0.25, 0.3) is 0 Å². The van der Waals surface area contributed by atoms with Crippen molar-refractivity contribution in [1.29, 1.82) is 0 Å². The van der Waals surface area contributed by atoms with Crippen LogP contribution in [0.4, 0.5) is 0 Å². The van der Waals surface area contributed by atoms with Gasteiger partial charge in [0, 0.05) is 13.0 Å². The maximum Gasteiger partial charge on any atom is 0.306 e. The van der Waals surface area contributed by atoms with E-state index in [1.165, 1.54) is 0 Å². The molecular formula is C16H28O4. The quantitative estimate of drug-likeness (QED) is 0.673. The highest BCUT2D eigenvalue weighted by Crippen LogP contribution is 2.43. The molecule has 4 nitrogen and oxygen atoms in total. The minimum Gasteiger partial charge on any atom is -0.466 e. The number of ketones is 1. The van der Waals surface area contributed by atoms with Gasteiger partial charge in [-0.25, -0.2) is 0 Å². The summed E-state index contributed by atoms with van der Waals surface area (Å²) in [7, 11) is 0. The summed E-state index contributed by atoms with van der Waals surface area (Å²) >= 11 is 0. The van der Waals surface area contributed by atoms with Crippen LogP contribution in [0.1, 0.15) is 66.2 Å². The van der Waals surface area contributed by atoms with Crippen LogP contribution < -0.4 is 0 Å². The maximum absolute atomic E-state index is 12.5. The van der Waals surface area contributed by atoms with Crippen LogP contribution in [0.2, 0.25) is 0 Å². The van der Waals surface area contributed by atoms with Gasteiger partial charge in [0.1, 0.15) is 5.60 Å². The smallest absolute Gasteiger partial charge is 0.306 e. The lowest BCUT2D eigenvalue weighted by atomic mass is 9.69. The molecule has 1 saturated carbocycles. The van der Waals surface area contributed by atoms with Crippen LogP contribution >= 0.6 is 0 Å². The van der Waals surface area contributed by atoms with Crippen molar-refractivity contribution in [3.8, 4) is 0 Å². The number of carbonyl (C=O) groups is 2. The van der Waals surface area contributed by atoms with Crippen molar-refractivity contribution in [3.05, 3.63) is 0 Å². The van der Waals surface area contributed by atoms with Gasteiger partial charge >= 0.3 is 5.97 Å². The molecule has 0 bridgehead atoms. The normalized spacial score (nSPS) is 20.4. The first-order valence-electron chi connectivity index (χ1n) is 7.68. The molecule has 0 aromatic rings. The van der Waals surface area contributed by atoms with Crippen molar-refractivity contribution >= 4 is 11.8 Å². The molecule has 0 heterocycles. The third kappa shape index (κ3) is 4.58. The summed E-state index contributed by atoms with van der Waals surface area (Å²) in [6, 6.07) is 0. The van der Waals surface area contributed by atoms with Crippen LogP contribution in [-0.4, -0.2) is 30.6 Å². The molecular weight excluding hydrogens is 256 g/mol. The second kappa shape index (κ2) is 7.21. The third-order valence-corrected chi connectivity index (χ3v) is 4.20. The predicted octanol–water partition coefficient (Wildman–Crippen LogP) is 3.27. The Morgan fingerprint density at radius 2 is 1.55 bits per heavy atom. The summed E-state index contributed by atoms with van der Waals surface area (Å²) < 4.78 is 10.7. The van der Waals surface area contributed by atoms with Crippen molar-refractivity contribution in [3.63, 3.8) is 0 Å². The van der Waals surface area contributed by atoms with Crippen LogP contribution in [0.5, 0.6) is 0 Å². The van der Waals surface area contributed by atoms with E-state index in [-0.39, 0.29) is 30.0 Å². The molecule has 0 amide bonds. The number of carbonyl (C=O) groups excluding carboxylic acids is 2. The zero-order valence-electron chi connectivity index (χ0n) is 13.3. The molecule has 1 rings (SSSR count). The van der Waals surface area contributed by atoms with Gasteiger partial charge in [-0.2, -0.15) is 0 Å². The Kier molecular flexibility index (Phi) is 6.18. The molecule has 0 aliphatic heterocycles. The Bertz CT molecular complexity index is 336. The SMILES string of the molecule is CCOC(=O)CCC(=O)C1(OCC)CCC(C)(C)CC1. The van der Waals surface area contributed by atoms with E-state index in [0.29, 0.717) is 13.2 Å². The first-order chi connectivity index (χ1) is 9.35. The summed E-state index contributed by atoms with van der Waals surface area (Å²) in [5, 5.41) is 0. The Morgan fingerprint density at radius 1 is 0.950 bits per heavy atom. The fourth-order valence-corrected chi connectivity index (χ4v) is 2.79. The summed E-state index contributed by atoms with van der Waals surface area (Å²) in [5.41, 5.74) is -0.390.